The highest BCUT2D eigenvalue weighted by atomic mass is 16.4. The number of para-hydroxylation sites is 1. The van der Waals surface area contributed by atoms with Crippen LogP contribution in [0.3, 0.4) is 0 Å². The molecule has 2 heterocycles. The Kier molecular flexibility index (Phi) is 4.44. The highest BCUT2D eigenvalue weighted by Crippen LogP contribution is 2.26. The molecule has 27 heavy (non-hydrogen) atoms. The maximum absolute atomic E-state index is 13.0. The molecule has 1 N–H and O–H groups in total. The third-order valence-corrected chi connectivity index (χ3v) is 5.43. The highest BCUT2D eigenvalue weighted by molar-refractivity contribution is 6.07. The average molecular weight is 362 g/mol. The second-order valence-corrected chi connectivity index (χ2v) is 7.28. The number of carboxylic acid groups (broad SMARTS) is 1. The molecule has 5 heteroatoms. The van der Waals surface area contributed by atoms with E-state index in [2.05, 4.69) is 0 Å². The van der Waals surface area contributed by atoms with Crippen molar-refractivity contribution in [3.05, 3.63) is 71.4 Å². The Morgan fingerprint density at radius 1 is 1.11 bits per heavy atom. The molecule has 1 saturated heterocycles. The summed E-state index contributed by atoms with van der Waals surface area (Å²) in [6.45, 7) is 1.50. The largest absolute Gasteiger partial charge is 0.478 e. The summed E-state index contributed by atoms with van der Waals surface area (Å²) in [4.78, 5) is 25.9. The number of carbonyl (C=O) groups excluding carboxylic acids is 1. The molecular formula is C22H22N2O3. The smallest absolute Gasteiger partial charge is 0.335 e. The van der Waals surface area contributed by atoms with Crippen LogP contribution in [0, 0.1) is 5.92 Å². The van der Waals surface area contributed by atoms with Gasteiger partial charge in [0.15, 0.2) is 0 Å². The zero-order valence-corrected chi connectivity index (χ0v) is 15.3. The van der Waals surface area contributed by atoms with Crippen molar-refractivity contribution in [2.75, 3.05) is 13.1 Å². The van der Waals surface area contributed by atoms with Gasteiger partial charge in [0.05, 0.1) is 11.1 Å². The SMILES string of the molecule is Cn1cc(C(=O)N2CCC(Cc3ccc(C(=O)O)cc3)C2)c2ccccc21. The van der Waals surface area contributed by atoms with Crippen LogP contribution in [0.2, 0.25) is 0 Å². The fourth-order valence-corrected chi connectivity index (χ4v) is 3.98. The van der Waals surface area contributed by atoms with Gasteiger partial charge in [-0.15, -0.1) is 0 Å². The van der Waals surface area contributed by atoms with Crippen molar-refractivity contribution in [1.82, 2.24) is 9.47 Å². The molecule has 0 aliphatic carbocycles. The fourth-order valence-electron chi connectivity index (χ4n) is 3.98. The molecule has 1 aliphatic heterocycles. The number of aromatic carboxylic acids is 1. The molecule has 0 spiro atoms. The number of aryl methyl sites for hydroxylation is 1. The third-order valence-electron chi connectivity index (χ3n) is 5.43. The molecule has 138 valence electrons. The van der Waals surface area contributed by atoms with E-state index in [4.69, 9.17) is 5.11 Å². The Morgan fingerprint density at radius 3 is 2.59 bits per heavy atom. The van der Waals surface area contributed by atoms with Crippen LogP contribution >= 0.6 is 0 Å². The molecule has 1 amide bonds. The van der Waals surface area contributed by atoms with E-state index in [0.29, 0.717) is 11.5 Å². The van der Waals surface area contributed by atoms with Crippen LogP contribution < -0.4 is 0 Å². The van der Waals surface area contributed by atoms with E-state index in [-0.39, 0.29) is 5.91 Å². The predicted molar refractivity (Wildman–Crippen MR) is 104 cm³/mol. The first-order valence-electron chi connectivity index (χ1n) is 9.18. The van der Waals surface area contributed by atoms with Gasteiger partial charge >= 0.3 is 5.97 Å². The number of carboxylic acids is 1. The van der Waals surface area contributed by atoms with Crippen molar-refractivity contribution in [1.29, 1.82) is 0 Å². The van der Waals surface area contributed by atoms with Crippen molar-refractivity contribution in [2.24, 2.45) is 13.0 Å². The molecule has 1 aromatic heterocycles. The first kappa shape index (κ1) is 17.3. The van der Waals surface area contributed by atoms with Crippen molar-refractivity contribution in [2.45, 2.75) is 12.8 Å². The van der Waals surface area contributed by atoms with Gasteiger partial charge in [0, 0.05) is 37.2 Å². The van der Waals surface area contributed by atoms with Crippen molar-refractivity contribution in [3.8, 4) is 0 Å². The van der Waals surface area contributed by atoms with Gasteiger partial charge in [-0.1, -0.05) is 30.3 Å². The van der Waals surface area contributed by atoms with Gasteiger partial charge in [0.25, 0.3) is 5.91 Å². The summed E-state index contributed by atoms with van der Waals surface area (Å²) in [6, 6.07) is 15.0. The van der Waals surface area contributed by atoms with Gasteiger partial charge in [-0.2, -0.15) is 0 Å². The molecule has 1 atom stereocenters. The number of hydrogen-bond acceptors (Lipinski definition) is 2. The van der Waals surface area contributed by atoms with Gasteiger partial charge in [0.1, 0.15) is 0 Å². The first-order chi connectivity index (χ1) is 13.0. The van der Waals surface area contributed by atoms with Crippen LogP contribution in [-0.4, -0.2) is 39.5 Å². The number of benzene rings is 2. The van der Waals surface area contributed by atoms with Crippen LogP contribution in [0.1, 0.15) is 32.7 Å². The second-order valence-electron chi connectivity index (χ2n) is 7.28. The topological polar surface area (TPSA) is 62.5 Å². The van der Waals surface area contributed by atoms with Crippen LogP contribution in [0.4, 0.5) is 0 Å². The molecule has 0 radical (unpaired) electrons. The molecule has 0 bridgehead atoms. The molecule has 1 unspecified atom stereocenters. The van der Waals surface area contributed by atoms with Gasteiger partial charge < -0.3 is 14.6 Å². The van der Waals surface area contributed by atoms with Crippen molar-refractivity contribution in [3.63, 3.8) is 0 Å². The second kappa shape index (κ2) is 6.91. The summed E-state index contributed by atoms with van der Waals surface area (Å²) in [7, 11) is 1.96. The van der Waals surface area contributed by atoms with Crippen LogP contribution in [0.5, 0.6) is 0 Å². The predicted octanol–water partition coefficient (Wildman–Crippen LogP) is 3.58. The van der Waals surface area contributed by atoms with E-state index in [1.54, 1.807) is 12.1 Å². The minimum Gasteiger partial charge on any atom is -0.478 e. The minimum atomic E-state index is -0.908. The van der Waals surface area contributed by atoms with Crippen LogP contribution in [0.15, 0.2) is 54.7 Å². The number of aromatic nitrogens is 1. The lowest BCUT2D eigenvalue weighted by Gasteiger charge is -2.16. The number of carbonyl (C=O) groups is 2. The number of nitrogens with zero attached hydrogens (tertiary/aromatic N) is 2. The van der Waals surface area contributed by atoms with Gasteiger partial charge in [0.2, 0.25) is 0 Å². The standard InChI is InChI=1S/C22H22N2O3/c1-23-14-19(18-4-2-3-5-20(18)23)21(25)24-11-10-16(13-24)12-15-6-8-17(9-7-15)22(26)27/h2-9,14,16H,10-13H2,1H3,(H,26,27). The van der Waals surface area contributed by atoms with Gasteiger partial charge in [-0.25, -0.2) is 4.79 Å². The maximum atomic E-state index is 13.0. The Labute approximate surface area is 157 Å². The maximum Gasteiger partial charge on any atom is 0.335 e. The molecule has 4 rings (SSSR count). The lowest BCUT2D eigenvalue weighted by atomic mass is 9.98. The molecule has 1 aliphatic rings. The highest BCUT2D eigenvalue weighted by Gasteiger charge is 2.28. The summed E-state index contributed by atoms with van der Waals surface area (Å²) in [5.41, 5.74) is 3.25. The summed E-state index contributed by atoms with van der Waals surface area (Å²) in [6.07, 6.45) is 3.75. The summed E-state index contributed by atoms with van der Waals surface area (Å²) < 4.78 is 2.00. The summed E-state index contributed by atoms with van der Waals surface area (Å²) in [5.74, 6) is -0.413. The zero-order valence-electron chi connectivity index (χ0n) is 15.3. The summed E-state index contributed by atoms with van der Waals surface area (Å²) >= 11 is 0. The van der Waals surface area contributed by atoms with Crippen LogP contribution in [0.25, 0.3) is 10.9 Å². The van der Waals surface area contributed by atoms with Gasteiger partial charge in [-0.3, -0.25) is 4.79 Å². The molecule has 1 fully saturated rings. The van der Waals surface area contributed by atoms with E-state index < -0.39 is 5.97 Å². The number of hydrogen-bond donors (Lipinski definition) is 1. The van der Waals surface area contributed by atoms with E-state index in [0.717, 1.165) is 48.0 Å². The molecular weight excluding hydrogens is 340 g/mol. The summed E-state index contributed by atoms with van der Waals surface area (Å²) in [5, 5.41) is 9.99. The van der Waals surface area contributed by atoms with Crippen LogP contribution in [-0.2, 0) is 13.5 Å². The first-order valence-corrected chi connectivity index (χ1v) is 9.18. The number of likely N-dealkylation sites (tertiary alicyclic amines) is 1. The normalized spacial score (nSPS) is 16.8. The van der Waals surface area contributed by atoms with Crippen molar-refractivity contribution < 1.29 is 14.7 Å². The lowest BCUT2D eigenvalue weighted by Crippen LogP contribution is -2.28. The van der Waals surface area contributed by atoms with E-state index in [1.807, 2.05) is 59.1 Å². The van der Waals surface area contributed by atoms with Gasteiger partial charge in [-0.05, 0) is 42.5 Å². The fraction of sp³-hybridized carbons (Fsp3) is 0.273. The lowest BCUT2D eigenvalue weighted by molar-refractivity contribution is 0.0696. The number of amides is 1. The Morgan fingerprint density at radius 2 is 1.85 bits per heavy atom. The zero-order chi connectivity index (χ0) is 19.0. The Bertz CT molecular complexity index is 1000. The van der Waals surface area contributed by atoms with Crippen molar-refractivity contribution >= 4 is 22.8 Å². The molecule has 3 aromatic rings. The monoisotopic (exact) mass is 362 g/mol. The minimum absolute atomic E-state index is 0.0931. The number of fused-ring (bicyclic) bond motifs is 1. The molecule has 5 nitrogen and oxygen atoms in total. The number of rotatable bonds is 4. The van der Waals surface area contributed by atoms with E-state index in [1.165, 1.54) is 0 Å². The Hall–Kier alpha value is -3.08. The van der Waals surface area contributed by atoms with E-state index >= 15 is 0 Å². The average Bonchev–Trinajstić information content (AvgIpc) is 3.27. The molecule has 0 saturated carbocycles. The third kappa shape index (κ3) is 3.33. The van der Waals surface area contributed by atoms with E-state index in [9.17, 15) is 9.59 Å². The molecule has 2 aromatic carbocycles. The Balaban J connectivity index is 1.46. The quantitative estimate of drug-likeness (QED) is 0.772.